The van der Waals surface area contributed by atoms with Gasteiger partial charge in [-0.2, -0.15) is 0 Å². The van der Waals surface area contributed by atoms with E-state index in [2.05, 4.69) is 6.92 Å². The highest BCUT2D eigenvalue weighted by Crippen LogP contribution is 2.33. The lowest BCUT2D eigenvalue weighted by Crippen LogP contribution is -2.30. The van der Waals surface area contributed by atoms with E-state index in [0.717, 1.165) is 25.4 Å². The van der Waals surface area contributed by atoms with Gasteiger partial charge < -0.3 is 9.47 Å². The summed E-state index contributed by atoms with van der Waals surface area (Å²) >= 11 is 0. The summed E-state index contributed by atoms with van der Waals surface area (Å²) in [6.07, 6.45) is 9.30. The van der Waals surface area contributed by atoms with Crippen LogP contribution in [-0.2, 0) is 9.53 Å². The van der Waals surface area contributed by atoms with E-state index >= 15 is 0 Å². The van der Waals surface area contributed by atoms with Crippen molar-refractivity contribution in [3.8, 4) is 5.75 Å². The Morgan fingerprint density at radius 1 is 0.929 bits per heavy atom. The molecule has 6 heteroatoms. The molecule has 0 heterocycles. The molecule has 0 unspecified atom stereocenters. The largest absolute Gasteiger partial charge is 0.426 e. The van der Waals surface area contributed by atoms with Gasteiger partial charge in [-0.05, 0) is 50.4 Å². The Labute approximate surface area is 164 Å². The number of halogens is 3. The highest BCUT2D eigenvalue weighted by molar-refractivity contribution is 5.75. The van der Waals surface area contributed by atoms with Gasteiger partial charge in [-0.3, -0.25) is 4.79 Å². The molecule has 1 aromatic carbocycles. The van der Waals surface area contributed by atoms with Gasteiger partial charge in [-0.25, -0.2) is 13.2 Å². The summed E-state index contributed by atoms with van der Waals surface area (Å²) in [6.45, 7) is 3.05. The maximum absolute atomic E-state index is 13.2. The lowest BCUT2D eigenvalue weighted by Gasteiger charge is -2.31. The van der Waals surface area contributed by atoms with Gasteiger partial charge in [0.1, 0.15) is 5.75 Å². The second-order valence-electron chi connectivity index (χ2n) is 8.22. The predicted octanol–water partition coefficient (Wildman–Crippen LogP) is 5.80. The first-order valence-corrected chi connectivity index (χ1v) is 10.4. The lowest BCUT2D eigenvalue weighted by atomic mass is 9.81. The molecule has 0 N–H and O–H groups in total. The summed E-state index contributed by atoms with van der Waals surface area (Å²) in [5.74, 6) is -3.93. The van der Waals surface area contributed by atoms with Crippen LogP contribution in [0.3, 0.4) is 0 Å². The van der Waals surface area contributed by atoms with Crippen molar-refractivity contribution < 1.29 is 27.4 Å². The summed E-state index contributed by atoms with van der Waals surface area (Å²) in [5.41, 5.74) is 0. The third-order valence-corrected chi connectivity index (χ3v) is 6.29. The van der Waals surface area contributed by atoms with Crippen LogP contribution in [0.25, 0.3) is 0 Å². The lowest BCUT2D eigenvalue weighted by molar-refractivity contribution is -0.141. The van der Waals surface area contributed by atoms with Crippen LogP contribution in [0.5, 0.6) is 5.75 Å². The number of hydrogen-bond acceptors (Lipinski definition) is 3. The van der Waals surface area contributed by atoms with Gasteiger partial charge in [0.25, 0.3) is 0 Å². The van der Waals surface area contributed by atoms with Gasteiger partial charge in [-0.15, -0.1) is 0 Å². The van der Waals surface area contributed by atoms with E-state index in [1.807, 2.05) is 0 Å². The Bertz CT molecular complexity index is 640. The number of carbonyl (C=O) groups excluding carboxylic acids is 1. The third-order valence-electron chi connectivity index (χ3n) is 6.29. The van der Waals surface area contributed by atoms with E-state index in [9.17, 15) is 18.0 Å². The summed E-state index contributed by atoms with van der Waals surface area (Å²) < 4.78 is 50.6. The zero-order valence-corrected chi connectivity index (χ0v) is 16.4. The van der Waals surface area contributed by atoms with Crippen LogP contribution in [0.4, 0.5) is 13.2 Å². The SMILES string of the molecule is CCC1CCC(COC2CCC(C(=O)Oc3cc(F)c(F)c(F)c3)CC2)CC1. The van der Waals surface area contributed by atoms with Crippen molar-refractivity contribution in [1.82, 2.24) is 0 Å². The van der Waals surface area contributed by atoms with Gasteiger partial charge in [0.15, 0.2) is 17.5 Å². The maximum atomic E-state index is 13.2. The van der Waals surface area contributed by atoms with Crippen molar-refractivity contribution in [1.29, 1.82) is 0 Å². The molecule has 0 saturated heterocycles. The molecular weight excluding hydrogens is 369 g/mol. The molecule has 0 aliphatic heterocycles. The third kappa shape index (κ3) is 5.49. The molecule has 2 aliphatic carbocycles. The van der Waals surface area contributed by atoms with E-state index in [0.29, 0.717) is 30.9 Å². The quantitative estimate of drug-likeness (QED) is 0.345. The summed E-state index contributed by atoms with van der Waals surface area (Å²) in [6, 6.07) is 1.39. The number of ether oxygens (including phenoxy) is 2. The molecule has 2 fully saturated rings. The van der Waals surface area contributed by atoms with Gasteiger partial charge in [0, 0.05) is 18.7 Å². The number of esters is 1. The van der Waals surface area contributed by atoms with Crippen molar-refractivity contribution in [2.24, 2.45) is 17.8 Å². The zero-order valence-electron chi connectivity index (χ0n) is 16.4. The van der Waals surface area contributed by atoms with Gasteiger partial charge in [0.05, 0.1) is 12.0 Å². The van der Waals surface area contributed by atoms with Crippen molar-refractivity contribution in [3.05, 3.63) is 29.6 Å². The minimum Gasteiger partial charge on any atom is -0.426 e. The monoisotopic (exact) mass is 398 g/mol. The number of benzene rings is 1. The normalized spacial score (nSPS) is 28.1. The van der Waals surface area contributed by atoms with Crippen molar-refractivity contribution >= 4 is 5.97 Å². The smallest absolute Gasteiger partial charge is 0.314 e. The first kappa shape index (κ1) is 21.2. The van der Waals surface area contributed by atoms with Crippen LogP contribution in [0.2, 0.25) is 0 Å². The second kappa shape index (κ2) is 9.77. The Kier molecular flexibility index (Phi) is 7.38. The zero-order chi connectivity index (χ0) is 20.1. The van der Waals surface area contributed by atoms with Crippen LogP contribution in [0.15, 0.2) is 12.1 Å². The molecule has 0 radical (unpaired) electrons. The summed E-state index contributed by atoms with van der Waals surface area (Å²) in [5, 5.41) is 0. The molecule has 28 heavy (non-hydrogen) atoms. The Morgan fingerprint density at radius 3 is 2.07 bits per heavy atom. The molecule has 0 atom stereocenters. The highest BCUT2D eigenvalue weighted by Gasteiger charge is 2.29. The fraction of sp³-hybridized carbons (Fsp3) is 0.682. The second-order valence-corrected chi connectivity index (χ2v) is 8.22. The molecule has 0 spiro atoms. The minimum absolute atomic E-state index is 0.161. The average Bonchev–Trinajstić information content (AvgIpc) is 2.71. The van der Waals surface area contributed by atoms with Gasteiger partial charge in [0.2, 0.25) is 0 Å². The topological polar surface area (TPSA) is 35.5 Å². The van der Waals surface area contributed by atoms with Crippen LogP contribution in [0.1, 0.15) is 64.7 Å². The van der Waals surface area contributed by atoms with E-state index in [4.69, 9.17) is 9.47 Å². The van der Waals surface area contributed by atoms with Crippen LogP contribution in [0, 0.1) is 35.2 Å². The minimum atomic E-state index is -1.57. The molecule has 3 nitrogen and oxygen atoms in total. The fourth-order valence-corrected chi connectivity index (χ4v) is 4.33. The van der Waals surface area contributed by atoms with Crippen LogP contribution >= 0.6 is 0 Å². The van der Waals surface area contributed by atoms with Crippen molar-refractivity contribution in [3.63, 3.8) is 0 Å². The summed E-state index contributed by atoms with van der Waals surface area (Å²) in [4.78, 5) is 12.2. The maximum Gasteiger partial charge on any atom is 0.314 e. The average molecular weight is 398 g/mol. The molecule has 3 rings (SSSR count). The Morgan fingerprint density at radius 2 is 1.50 bits per heavy atom. The first-order chi connectivity index (χ1) is 13.5. The molecule has 2 saturated carbocycles. The standard InChI is InChI=1S/C22H29F3O3/c1-2-14-3-5-15(6-4-14)13-27-17-9-7-16(8-10-17)22(26)28-18-11-19(23)21(25)20(24)12-18/h11-12,14-17H,2-10,13H2,1H3. The highest BCUT2D eigenvalue weighted by atomic mass is 19.2. The van der Waals surface area contributed by atoms with E-state index in [1.54, 1.807) is 0 Å². The molecular formula is C22H29F3O3. The fourth-order valence-electron chi connectivity index (χ4n) is 4.33. The van der Waals surface area contributed by atoms with Crippen LogP contribution < -0.4 is 4.74 Å². The number of hydrogen-bond donors (Lipinski definition) is 0. The molecule has 1 aromatic rings. The first-order valence-electron chi connectivity index (χ1n) is 10.4. The Balaban J connectivity index is 1.39. The number of rotatable bonds is 6. The molecule has 0 aromatic heterocycles. The van der Waals surface area contributed by atoms with Crippen molar-refractivity contribution in [2.75, 3.05) is 6.61 Å². The molecule has 0 bridgehead atoms. The van der Waals surface area contributed by atoms with E-state index < -0.39 is 23.4 Å². The molecule has 0 amide bonds. The van der Waals surface area contributed by atoms with Gasteiger partial charge in [-0.1, -0.05) is 26.2 Å². The Hall–Kier alpha value is -1.56. The molecule has 2 aliphatic rings. The van der Waals surface area contributed by atoms with E-state index in [1.165, 1.54) is 32.1 Å². The predicted molar refractivity (Wildman–Crippen MR) is 99.4 cm³/mol. The molecule has 156 valence electrons. The van der Waals surface area contributed by atoms with Crippen LogP contribution in [-0.4, -0.2) is 18.7 Å². The number of carbonyl (C=O) groups is 1. The summed E-state index contributed by atoms with van der Waals surface area (Å²) in [7, 11) is 0. The van der Waals surface area contributed by atoms with E-state index in [-0.39, 0.29) is 17.8 Å². The van der Waals surface area contributed by atoms with Gasteiger partial charge >= 0.3 is 5.97 Å². The van der Waals surface area contributed by atoms with Crippen molar-refractivity contribution in [2.45, 2.75) is 70.8 Å².